The van der Waals surface area contributed by atoms with E-state index in [-0.39, 0.29) is 0 Å². The third-order valence-corrected chi connectivity index (χ3v) is 3.22. The standard InChI is InChI=1S/C13H17N3O/c1-14-8-13-15-11-7-10(17-2)5-6-12(11)16(13)9-3-4-9/h5-7,9,14H,3-4,8H2,1-2H3. The number of nitrogens with zero attached hydrogens (tertiary/aromatic N) is 2. The highest BCUT2D eigenvalue weighted by Gasteiger charge is 2.27. The molecule has 0 amide bonds. The Bertz CT molecular complexity index is 543. The van der Waals surface area contributed by atoms with E-state index in [4.69, 9.17) is 9.72 Å². The molecule has 1 aliphatic carbocycles. The molecule has 1 fully saturated rings. The molecule has 1 aromatic heterocycles. The van der Waals surface area contributed by atoms with Gasteiger partial charge in [-0.3, -0.25) is 0 Å². The molecule has 17 heavy (non-hydrogen) atoms. The predicted octanol–water partition coefficient (Wildman–Crippen LogP) is 2.10. The first-order chi connectivity index (χ1) is 8.33. The Hall–Kier alpha value is -1.55. The Labute approximate surface area is 101 Å². The minimum atomic E-state index is 0.650. The maximum absolute atomic E-state index is 5.24. The van der Waals surface area contributed by atoms with Gasteiger partial charge in [0.05, 0.1) is 24.7 Å². The maximum atomic E-state index is 5.24. The highest BCUT2D eigenvalue weighted by atomic mass is 16.5. The average molecular weight is 231 g/mol. The number of aromatic nitrogens is 2. The Morgan fingerprint density at radius 1 is 1.47 bits per heavy atom. The first kappa shape index (κ1) is 10.6. The summed E-state index contributed by atoms with van der Waals surface area (Å²) >= 11 is 0. The number of nitrogens with one attached hydrogen (secondary N) is 1. The van der Waals surface area contributed by atoms with Crippen LogP contribution in [-0.2, 0) is 6.54 Å². The first-order valence-electron chi connectivity index (χ1n) is 6.03. The second-order valence-electron chi connectivity index (χ2n) is 4.51. The summed E-state index contributed by atoms with van der Waals surface area (Å²) in [5.74, 6) is 1.99. The minimum absolute atomic E-state index is 0.650. The third kappa shape index (κ3) is 1.78. The zero-order valence-corrected chi connectivity index (χ0v) is 10.2. The fourth-order valence-corrected chi connectivity index (χ4v) is 2.28. The van der Waals surface area contributed by atoms with Gasteiger partial charge in [-0.1, -0.05) is 0 Å². The highest BCUT2D eigenvalue weighted by molar-refractivity contribution is 5.78. The van der Waals surface area contributed by atoms with Gasteiger partial charge in [0.2, 0.25) is 0 Å². The van der Waals surface area contributed by atoms with Crippen molar-refractivity contribution in [3.8, 4) is 5.75 Å². The van der Waals surface area contributed by atoms with Crippen molar-refractivity contribution in [3.05, 3.63) is 24.0 Å². The van der Waals surface area contributed by atoms with E-state index in [2.05, 4.69) is 16.0 Å². The molecule has 4 heteroatoms. The molecule has 4 nitrogen and oxygen atoms in total. The van der Waals surface area contributed by atoms with Crippen LogP contribution in [0.25, 0.3) is 11.0 Å². The van der Waals surface area contributed by atoms with Crippen LogP contribution in [0.2, 0.25) is 0 Å². The SMILES string of the molecule is CNCc1nc2cc(OC)ccc2n1C1CC1. The quantitative estimate of drug-likeness (QED) is 0.875. The van der Waals surface area contributed by atoms with Gasteiger partial charge >= 0.3 is 0 Å². The molecule has 3 rings (SSSR count). The molecule has 1 N–H and O–H groups in total. The lowest BCUT2D eigenvalue weighted by atomic mass is 10.3. The Kier molecular flexibility index (Phi) is 2.52. The lowest BCUT2D eigenvalue weighted by Crippen LogP contribution is -2.11. The zero-order valence-electron chi connectivity index (χ0n) is 10.2. The summed E-state index contributed by atoms with van der Waals surface area (Å²) in [5, 5.41) is 3.18. The van der Waals surface area contributed by atoms with Crippen molar-refractivity contribution in [1.29, 1.82) is 0 Å². The number of ether oxygens (including phenoxy) is 1. The van der Waals surface area contributed by atoms with Gasteiger partial charge in [-0.2, -0.15) is 0 Å². The highest BCUT2D eigenvalue weighted by Crippen LogP contribution is 2.39. The number of hydrogen-bond acceptors (Lipinski definition) is 3. The Morgan fingerprint density at radius 3 is 2.94 bits per heavy atom. The molecule has 0 bridgehead atoms. The number of imidazole rings is 1. The van der Waals surface area contributed by atoms with Crippen LogP contribution >= 0.6 is 0 Å². The van der Waals surface area contributed by atoms with Crippen molar-refractivity contribution in [2.75, 3.05) is 14.2 Å². The van der Waals surface area contributed by atoms with Crippen molar-refractivity contribution in [2.24, 2.45) is 0 Å². The molecule has 1 aliphatic rings. The smallest absolute Gasteiger partial charge is 0.124 e. The van der Waals surface area contributed by atoms with E-state index in [0.29, 0.717) is 6.04 Å². The van der Waals surface area contributed by atoms with Gasteiger partial charge in [0, 0.05) is 12.1 Å². The summed E-state index contributed by atoms with van der Waals surface area (Å²) in [7, 11) is 3.64. The zero-order chi connectivity index (χ0) is 11.8. The molecule has 0 spiro atoms. The van der Waals surface area contributed by atoms with Crippen molar-refractivity contribution < 1.29 is 4.74 Å². The molecule has 2 aromatic rings. The number of methoxy groups -OCH3 is 1. The molecule has 1 aromatic carbocycles. The molecule has 0 saturated heterocycles. The lowest BCUT2D eigenvalue weighted by molar-refractivity contribution is 0.415. The summed E-state index contributed by atoms with van der Waals surface area (Å²) in [5.41, 5.74) is 2.25. The second kappa shape index (κ2) is 4.04. The molecule has 0 radical (unpaired) electrons. The van der Waals surface area contributed by atoms with Crippen molar-refractivity contribution in [3.63, 3.8) is 0 Å². The van der Waals surface area contributed by atoms with Crippen LogP contribution in [0.5, 0.6) is 5.75 Å². The van der Waals surface area contributed by atoms with Crippen LogP contribution in [0.1, 0.15) is 24.7 Å². The molecule has 0 atom stereocenters. The monoisotopic (exact) mass is 231 g/mol. The van der Waals surface area contributed by atoms with E-state index in [1.807, 2.05) is 19.2 Å². The van der Waals surface area contributed by atoms with Crippen LogP contribution in [0, 0.1) is 0 Å². The lowest BCUT2D eigenvalue weighted by Gasteiger charge is -2.06. The number of rotatable bonds is 4. The van der Waals surface area contributed by atoms with Crippen molar-refractivity contribution in [1.82, 2.24) is 14.9 Å². The second-order valence-corrected chi connectivity index (χ2v) is 4.51. The summed E-state index contributed by atoms with van der Waals surface area (Å²) in [6.07, 6.45) is 2.54. The normalized spacial score (nSPS) is 15.4. The van der Waals surface area contributed by atoms with E-state index < -0.39 is 0 Å². The molecule has 1 saturated carbocycles. The van der Waals surface area contributed by atoms with Gasteiger partial charge in [0.1, 0.15) is 11.6 Å². The van der Waals surface area contributed by atoms with E-state index in [9.17, 15) is 0 Å². The third-order valence-electron chi connectivity index (χ3n) is 3.22. The molecule has 90 valence electrons. The maximum Gasteiger partial charge on any atom is 0.124 e. The molecule has 0 aliphatic heterocycles. The summed E-state index contributed by atoms with van der Waals surface area (Å²) in [6, 6.07) is 6.77. The van der Waals surface area contributed by atoms with Crippen LogP contribution in [0.3, 0.4) is 0 Å². The van der Waals surface area contributed by atoms with Gasteiger partial charge in [0.15, 0.2) is 0 Å². The molecule has 1 heterocycles. The van der Waals surface area contributed by atoms with E-state index in [0.717, 1.165) is 23.6 Å². The molecular weight excluding hydrogens is 214 g/mol. The van der Waals surface area contributed by atoms with E-state index in [1.165, 1.54) is 18.4 Å². The fraction of sp³-hybridized carbons (Fsp3) is 0.462. The summed E-state index contributed by atoms with van der Waals surface area (Å²) in [6.45, 7) is 0.813. The van der Waals surface area contributed by atoms with Gasteiger partial charge in [-0.25, -0.2) is 4.98 Å². The largest absolute Gasteiger partial charge is 0.497 e. The van der Waals surface area contributed by atoms with Gasteiger partial charge in [-0.15, -0.1) is 0 Å². The van der Waals surface area contributed by atoms with Gasteiger partial charge < -0.3 is 14.6 Å². The average Bonchev–Trinajstić information content (AvgIpc) is 3.11. The topological polar surface area (TPSA) is 39.1 Å². The van der Waals surface area contributed by atoms with Crippen LogP contribution in [-0.4, -0.2) is 23.7 Å². The number of hydrogen-bond donors (Lipinski definition) is 1. The number of benzene rings is 1. The van der Waals surface area contributed by atoms with Crippen LogP contribution in [0.4, 0.5) is 0 Å². The first-order valence-corrected chi connectivity index (χ1v) is 6.03. The predicted molar refractivity (Wildman–Crippen MR) is 67.3 cm³/mol. The van der Waals surface area contributed by atoms with Gasteiger partial charge in [0.25, 0.3) is 0 Å². The molecule has 0 unspecified atom stereocenters. The van der Waals surface area contributed by atoms with Crippen LogP contribution in [0.15, 0.2) is 18.2 Å². The Balaban J connectivity index is 2.15. The van der Waals surface area contributed by atoms with E-state index >= 15 is 0 Å². The van der Waals surface area contributed by atoms with Crippen molar-refractivity contribution in [2.45, 2.75) is 25.4 Å². The van der Waals surface area contributed by atoms with E-state index in [1.54, 1.807) is 7.11 Å². The fourth-order valence-electron chi connectivity index (χ4n) is 2.28. The Morgan fingerprint density at radius 2 is 2.29 bits per heavy atom. The molecular formula is C13H17N3O. The summed E-state index contributed by atoms with van der Waals surface area (Å²) in [4.78, 5) is 4.69. The summed E-state index contributed by atoms with van der Waals surface area (Å²) < 4.78 is 7.61. The van der Waals surface area contributed by atoms with Gasteiger partial charge in [-0.05, 0) is 32.0 Å². The van der Waals surface area contributed by atoms with Crippen LogP contribution < -0.4 is 10.1 Å². The van der Waals surface area contributed by atoms with Crippen molar-refractivity contribution >= 4 is 11.0 Å². The number of fused-ring (bicyclic) bond motifs is 1. The minimum Gasteiger partial charge on any atom is -0.497 e.